The van der Waals surface area contributed by atoms with Crippen molar-refractivity contribution in [3.8, 4) is 0 Å². The van der Waals surface area contributed by atoms with Gasteiger partial charge in [-0.1, -0.05) is 0 Å². The van der Waals surface area contributed by atoms with Gasteiger partial charge in [0.15, 0.2) is 5.78 Å². The summed E-state index contributed by atoms with van der Waals surface area (Å²) < 4.78 is 0.680. The highest BCUT2D eigenvalue weighted by molar-refractivity contribution is 9.10. The maximum absolute atomic E-state index is 11.8. The SMILES string of the molecule is O=C(CCl)c1cc2c(cc1Br)NC(=O)C21CC1. The Morgan fingerprint density at radius 3 is 2.76 bits per heavy atom. The topological polar surface area (TPSA) is 46.2 Å². The fourth-order valence-electron chi connectivity index (χ4n) is 2.34. The first-order valence-corrected chi connectivity index (χ1v) is 6.66. The second-order valence-electron chi connectivity index (χ2n) is 4.47. The van der Waals surface area contributed by atoms with Crippen LogP contribution in [0.15, 0.2) is 16.6 Å². The van der Waals surface area contributed by atoms with Gasteiger partial charge in [-0.25, -0.2) is 0 Å². The van der Waals surface area contributed by atoms with Crippen molar-refractivity contribution in [3.05, 3.63) is 27.7 Å². The maximum atomic E-state index is 11.8. The molecule has 0 saturated heterocycles. The number of carbonyl (C=O) groups excluding carboxylic acids is 2. The fourth-order valence-corrected chi connectivity index (χ4v) is 3.05. The maximum Gasteiger partial charge on any atom is 0.235 e. The van der Waals surface area contributed by atoms with Crippen molar-refractivity contribution >= 4 is 44.9 Å². The van der Waals surface area contributed by atoms with Gasteiger partial charge in [0.2, 0.25) is 5.91 Å². The summed E-state index contributed by atoms with van der Waals surface area (Å²) in [4.78, 5) is 23.5. The first-order chi connectivity index (χ1) is 8.08. The van der Waals surface area contributed by atoms with E-state index in [1.165, 1.54) is 0 Å². The van der Waals surface area contributed by atoms with E-state index in [1.54, 1.807) is 12.1 Å². The monoisotopic (exact) mass is 313 g/mol. The van der Waals surface area contributed by atoms with Crippen LogP contribution in [0, 0.1) is 0 Å². The predicted octanol–water partition coefficient (Wildman–Crippen LogP) is 2.85. The molecule has 1 heterocycles. The summed E-state index contributed by atoms with van der Waals surface area (Å²) in [5, 5.41) is 2.86. The number of hydrogen-bond donors (Lipinski definition) is 1. The Morgan fingerprint density at radius 2 is 2.18 bits per heavy atom. The van der Waals surface area contributed by atoms with Crippen LogP contribution in [0.2, 0.25) is 0 Å². The molecule has 1 N–H and O–H groups in total. The van der Waals surface area contributed by atoms with Crippen LogP contribution in [-0.4, -0.2) is 17.6 Å². The van der Waals surface area contributed by atoms with Gasteiger partial charge < -0.3 is 5.32 Å². The van der Waals surface area contributed by atoms with Crippen LogP contribution in [-0.2, 0) is 10.2 Å². The van der Waals surface area contributed by atoms with E-state index in [0.717, 1.165) is 24.1 Å². The Kier molecular flexibility index (Phi) is 2.35. The lowest BCUT2D eigenvalue weighted by Crippen LogP contribution is -2.18. The Balaban J connectivity index is 2.16. The van der Waals surface area contributed by atoms with E-state index < -0.39 is 0 Å². The summed E-state index contributed by atoms with van der Waals surface area (Å²) in [6.07, 6.45) is 1.73. The highest BCUT2D eigenvalue weighted by Crippen LogP contribution is 2.55. The van der Waals surface area contributed by atoms with Gasteiger partial charge in [-0.15, -0.1) is 11.6 Å². The summed E-state index contributed by atoms with van der Waals surface area (Å²) in [6, 6.07) is 3.59. The first kappa shape index (κ1) is 11.2. The number of carbonyl (C=O) groups is 2. The molecule has 17 heavy (non-hydrogen) atoms. The Morgan fingerprint density at radius 1 is 1.47 bits per heavy atom. The lowest BCUT2D eigenvalue weighted by molar-refractivity contribution is -0.117. The highest BCUT2D eigenvalue weighted by Gasteiger charge is 2.56. The average Bonchev–Trinajstić information content (AvgIpc) is 3.04. The molecule has 0 atom stereocenters. The first-order valence-electron chi connectivity index (χ1n) is 5.33. The molecule has 2 aliphatic rings. The van der Waals surface area contributed by atoms with Gasteiger partial charge in [0.1, 0.15) is 0 Å². The fraction of sp³-hybridized carbons (Fsp3) is 0.333. The zero-order chi connectivity index (χ0) is 12.2. The number of halogens is 2. The van der Waals surface area contributed by atoms with E-state index in [-0.39, 0.29) is 23.0 Å². The van der Waals surface area contributed by atoms with Crippen molar-refractivity contribution in [3.63, 3.8) is 0 Å². The molecule has 1 aromatic carbocycles. The van der Waals surface area contributed by atoms with Crippen molar-refractivity contribution in [2.24, 2.45) is 0 Å². The molecule has 1 aliphatic carbocycles. The van der Waals surface area contributed by atoms with E-state index in [4.69, 9.17) is 11.6 Å². The molecule has 88 valence electrons. The lowest BCUT2D eigenvalue weighted by atomic mass is 9.95. The molecular weight excluding hydrogens is 305 g/mol. The average molecular weight is 315 g/mol. The number of benzene rings is 1. The third-order valence-electron chi connectivity index (χ3n) is 3.48. The molecule has 1 fully saturated rings. The van der Waals surface area contributed by atoms with Gasteiger partial charge in [0.05, 0.1) is 11.3 Å². The van der Waals surface area contributed by atoms with Crippen LogP contribution in [0.25, 0.3) is 0 Å². The Hall–Kier alpha value is -0.870. The van der Waals surface area contributed by atoms with Crippen molar-refractivity contribution in [1.82, 2.24) is 0 Å². The number of ketones is 1. The molecule has 0 radical (unpaired) electrons. The number of Topliss-reactive ketones (excluding diaryl/α,β-unsaturated/α-hetero) is 1. The van der Waals surface area contributed by atoms with Crippen molar-refractivity contribution < 1.29 is 9.59 Å². The molecule has 3 rings (SSSR count). The van der Waals surface area contributed by atoms with E-state index in [9.17, 15) is 9.59 Å². The molecule has 1 saturated carbocycles. The molecule has 1 aromatic rings. The van der Waals surface area contributed by atoms with Gasteiger partial charge in [0, 0.05) is 15.7 Å². The van der Waals surface area contributed by atoms with Crippen molar-refractivity contribution in [2.75, 3.05) is 11.2 Å². The molecule has 0 aromatic heterocycles. The highest BCUT2D eigenvalue weighted by atomic mass is 79.9. The van der Waals surface area contributed by atoms with Crippen LogP contribution in [0.3, 0.4) is 0 Å². The van der Waals surface area contributed by atoms with Crippen LogP contribution in [0.5, 0.6) is 0 Å². The number of fused-ring (bicyclic) bond motifs is 2. The summed E-state index contributed by atoms with van der Waals surface area (Å²) in [5.74, 6) is -0.127. The third-order valence-corrected chi connectivity index (χ3v) is 4.38. The molecule has 1 aliphatic heterocycles. The molecule has 0 unspecified atom stereocenters. The molecule has 5 heteroatoms. The standard InChI is InChI=1S/C12H9BrClNO2/c13-8-4-9-7(3-6(8)10(16)5-14)12(1-2-12)11(17)15-9/h3-4H,1-2,5H2,(H,15,17). The van der Waals surface area contributed by atoms with Gasteiger partial charge >= 0.3 is 0 Å². The smallest absolute Gasteiger partial charge is 0.235 e. The van der Waals surface area contributed by atoms with Crippen LogP contribution in [0.4, 0.5) is 5.69 Å². The minimum atomic E-state index is -0.364. The zero-order valence-electron chi connectivity index (χ0n) is 8.85. The van der Waals surface area contributed by atoms with Gasteiger partial charge in [-0.2, -0.15) is 0 Å². The third kappa shape index (κ3) is 1.47. The number of amides is 1. The van der Waals surface area contributed by atoms with Gasteiger partial charge in [0.25, 0.3) is 0 Å². The zero-order valence-corrected chi connectivity index (χ0v) is 11.2. The van der Waals surface area contributed by atoms with E-state index in [1.807, 2.05) is 0 Å². The van der Waals surface area contributed by atoms with Crippen LogP contribution in [0.1, 0.15) is 28.8 Å². The second-order valence-corrected chi connectivity index (χ2v) is 5.59. The van der Waals surface area contributed by atoms with Crippen LogP contribution >= 0.6 is 27.5 Å². The number of rotatable bonds is 2. The minimum absolute atomic E-state index is 0.0498. The van der Waals surface area contributed by atoms with E-state index in [0.29, 0.717) is 10.0 Å². The number of hydrogen-bond acceptors (Lipinski definition) is 2. The largest absolute Gasteiger partial charge is 0.325 e. The van der Waals surface area contributed by atoms with E-state index >= 15 is 0 Å². The normalized spacial score (nSPS) is 19.1. The second kappa shape index (κ2) is 3.56. The summed E-state index contributed by atoms with van der Waals surface area (Å²) >= 11 is 8.91. The Bertz CT molecular complexity index is 552. The molecular formula is C12H9BrClNO2. The summed E-state index contributed by atoms with van der Waals surface area (Å²) in [7, 11) is 0. The van der Waals surface area contributed by atoms with Crippen molar-refractivity contribution in [2.45, 2.75) is 18.3 Å². The summed E-state index contributed by atoms with van der Waals surface area (Å²) in [5.41, 5.74) is 1.95. The predicted molar refractivity (Wildman–Crippen MR) is 68.7 cm³/mol. The number of nitrogens with one attached hydrogen (secondary N) is 1. The van der Waals surface area contributed by atoms with Gasteiger partial charge in [-0.3, -0.25) is 9.59 Å². The summed E-state index contributed by atoms with van der Waals surface area (Å²) in [6.45, 7) is 0. The van der Waals surface area contributed by atoms with Crippen molar-refractivity contribution in [1.29, 1.82) is 0 Å². The number of anilines is 1. The van der Waals surface area contributed by atoms with E-state index in [2.05, 4.69) is 21.2 Å². The lowest BCUT2D eigenvalue weighted by Gasteiger charge is -2.08. The van der Waals surface area contributed by atoms with Crippen LogP contribution < -0.4 is 5.32 Å². The molecule has 1 amide bonds. The Labute approximate surface area is 112 Å². The minimum Gasteiger partial charge on any atom is -0.325 e. The quantitative estimate of drug-likeness (QED) is 0.674. The number of alkyl halides is 1. The molecule has 0 bridgehead atoms. The molecule has 3 nitrogen and oxygen atoms in total. The molecule has 1 spiro atoms. The van der Waals surface area contributed by atoms with Gasteiger partial charge in [-0.05, 0) is 46.5 Å².